The van der Waals surface area contributed by atoms with Crippen LogP contribution in [-0.2, 0) is 6.18 Å². The highest BCUT2D eigenvalue weighted by atomic mass is 35.5. The van der Waals surface area contributed by atoms with Crippen LogP contribution in [0.15, 0.2) is 28.8 Å². The van der Waals surface area contributed by atoms with Crippen molar-refractivity contribution in [2.45, 2.75) is 6.18 Å². The smallest absolute Gasteiger partial charge is 0.367 e. The number of aromatic nitrogens is 1. The Morgan fingerprint density at radius 2 is 1.79 bits per heavy atom. The first kappa shape index (κ1) is 16.5. The number of rotatable bonds is 2. The lowest BCUT2D eigenvalue weighted by Crippen LogP contribution is -2.46. The summed E-state index contributed by atoms with van der Waals surface area (Å²) in [4.78, 5) is 3.71. The standard InChI is InChI=1S/C15H12ClF3N4O/c16-12-2-1-10(15(17,18)19)7-13(12)22-3-5-23(6-4-22)14-8-11(9-20)24-21-14/h1-2,7-8H,3-6H2. The van der Waals surface area contributed by atoms with Crippen LogP contribution in [0.3, 0.4) is 0 Å². The number of halogens is 4. The average molecular weight is 357 g/mol. The first-order chi connectivity index (χ1) is 11.4. The van der Waals surface area contributed by atoms with Gasteiger partial charge in [-0.1, -0.05) is 16.8 Å². The number of piperazine rings is 1. The van der Waals surface area contributed by atoms with Gasteiger partial charge in [-0.15, -0.1) is 0 Å². The van der Waals surface area contributed by atoms with E-state index in [0.717, 1.165) is 12.1 Å². The fourth-order valence-electron chi connectivity index (χ4n) is 2.58. The molecular formula is C15H12ClF3N4O. The van der Waals surface area contributed by atoms with E-state index in [1.54, 1.807) is 4.90 Å². The van der Waals surface area contributed by atoms with Crippen molar-refractivity contribution in [1.82, 2.24) is 5.16 Å². The predicted octanol–water partition coefficient (Wildman–Crippen LogP) is 3.55. The third kappa shape index (κ3) is 3.26. The van der Waals surface area contributed by atoms with Crippen LogP contribution in [0.1, 0.15) is 11.3 Å². The molecule has 2 aromatic rings. The van der Waals surface area contributed by atoms with Gasteiger partial charge in [0.25, 0.3) is 0 Å². The zero-order valence-corrected chi connectivity index (χ0v) is 13.1. The first-order valence-electron chi connectivity index (χ1n) is 7.12. The molecule has 0 N–H and O–H groups in total. The predicted molar refractivity (Wildman–Crippen MR) is 82.1 cm³/mol. The third-order valence-electron chi connectivity index (χ3n) is 3.83. The second kappa shape index (κ2) is 6.24. The van der Waals surface area contributed by atoms with Crippen LogP contribution in [0.2, 0.25) is 5.02 Å². The summed E-state index contributed by atoms with van der Waals surface area (Å²) in [5, 5.41) is 12.8. The Balaban J connectivity index is 1.74. The maximum Gasteiger partial charge on any atom is 0.416 e. The van der Waals surface area contributed by atoms with E-state index in [0.29, 0.717) is 37.7 Å². The average Bonchev–Trinajstić information content (AvgIpc) is 3.03. The normalized spacial score (nSPS) is 15.5. The van der Waals surface area contributed by atoms with Crippen LogP contribution in [0, 0.1) is 11.3 Å². The topological polar surface area (TPSA) is 56.3 Å². The Kier molecular flexibility index (Phi) is 4.28. The minimum Gasteiger partial charge on any atom is -0.367 e. The molecule has 0 saturated carbocycles. The summed E-state index contributed by atoms with van der Waals surface area (Å²) >= 11 is 6.07. The number of nitrogens with zero attached hydrogens (tertiary/aromatic N) is 4. The van der Waals surface area contributed by atoms with Gasteiger partial charge in [-0.2, -0.15) is 18.4 Å². The maximum absolute atomic E-state index is 12.9. The van der Waals surface area contributed by atoms with E-state index in [9.17, 15) is 13.2 Å². The molecule has 3 rings (SSSR count). The molecule has 24 heavy (non-hydrogen) atoms. The summed E-state index contributed by atoms with van der Waals surface area (Å²) in [5.41, 5.74) is -0.358. The highest BCUT2D eigenvalue weighted by Crippen LogP contribution is 2.35. The van der Waals surface area contributed by atoms with E-state index in [-0.39, 0.29) is 10.8 Å². The molecule has 1 aromatic heterocycles. The van der Waals surface area contributed by atoms with Gasteiger partial charge >= 0.3 is 6.18 Å². The molecule has 5 nitrogen and oxygen atoms in total. The molecule has 1 aliphatic heterocycles. The molecule has 1 saturated heterocycles. The van der Waals surface area contributed by atoms with E-state index in [2.05, 4.69) is 5.16 Å². The van der Waals surface area contributed by atoms with Gasteiger partial charge in [-0.25, -0.2) is 0 Å². The van der Waals surface area contributed by atoms with Crippen molar-refractivity contribution in [3.8, 4) is 6.07 Å². The van der Waals surface area contributed by atoms with Gasteiger partial charge in [0, 0.05) is 32.2 Å². The van der Waals surface area contributed by atoms with Crippen molar-refractivity contribution in [3.05, 3.63) is 40.6 Å². The van der Waals surface area contributed by atoms with E-state index < -0.39 is 11.7 Å². The molecule has 126 valence electrons. The Labute approximate surface area is 140 Å². The van der Waals surface area contributed by atoms with Gasteiger partial charge in [0.05, 0.1) is 16.3 Å². The van der Waals surface area contributed by atoms with E-state index >= 15 is 0 Å². The summed E-state index contributed by atoms with van der Waals surface area (Å²) in [6, 6.07) is 6.70. The van der Waals surface area contributed by atoms with E-state index in [4.69, 9.17) is 21.4 Å². The van der Waals surface area contributed by atoms with E-state index in [1.807, 2.05) is 11.0 Å². The molecule has 1 aromatic carbocycles. The molecular weight excluding hydrogens is 345 g/mol. The molecule has 2 heterocycles. The summed E-state index contributed by atoms with van der Waals surface area (Å²) in [6.45, 7) is 2.03. The molecule has 1 fully saturated rings. The lowest BCUT2D eigenvalue weighted by molar-refractivity contribution is -0.137. The van der Waals surface area contributed by atoms with Crippen molar-refractivity contribution >= 4 is 23.1 Å². The lowest BCUT2D eigenvalue weighted by atomic mass is 10.1. The second-order valence-electron chi connectivity index (χ2n) is 5.30. The monoisotopic (exact) mass is 356 g/mol. The van der Waals surface area contributed by atoms with E-state index in [1.165, 1.54) is 12.1 Å². The molecule has 0 aliphatic carbocycles. The van der Waals surface area contributed by atoms with Crippen LogP contribution in [-0.4, -0.2) is 31.3 Å². The quantitative estimate of drug-likeness (QED) is 0.823. The van der Waals surface area contributed by atoms with Crippen molar-refractivity contribution in [1.29, 1.82) is 5.26 Å². The van der Waals surface area contributed by atoms with Gasteiger partial charge in [-0.3, -0.25) is 0 Å². The minimum absolute atomic E-state index is 0.119. The Morgan fingerprint density at radius 1 is 1.12 bits per heavy atom. The third-order valence-corrected chi connectivity index (χ3v) is 4.15. The number of alkyl halides is 3. The number of anilines is 2. The van der Waals surface area contributed by atoms with Gasteiger partial charge in [0.2, 0.25) is 5.76 Å². The Bertz CT molecular complexity index is 776. The second-order valence-corrected chi connectivity index (χ2v) is 5.71. The Morgan fingerprint density at radius 3 is 2.38 bits per heavy atom. The minimum atomic E-state index is -4.41. The SMILES string of the molecule is N#Cc1cc(N2CCN(c3cc(C(F)(F)F)ccc3Cl)CC2)no1. The van der Waals surface area contributed by atoms with Crippen molar-refractivity contribution in [2.24, 2.45) is 0 Å². The van der Waals surface area contributed by atoms with Gasteiger partial charge in [0.15, 0.2) is 5.82 Å². The molecule has 0 amide bonds. The van der Waals surface area contributed by atoms with Gasteiger partial charge in [0.1, 0.15) is 6.07 Å². The highest BCUT2D eigenvalue weighted by Gasteiger charge is 2.32. The molecule has 0 radical (unpaired) electrons. The lowest BCUT2D eigenvalue weighted by Gasteiger charge is -2.36. The highest BCUT2D eigenvalue weighted by molar-refractivity contribution is 6.33. The van der Waals surface area contributed by atoms with Crippen LogP contribution in [0.5, 0.6) is 0 Å². The summed E-state index contributed by atoms with van der Waals surface area (Å²) in [5.74, 6) is 0.662. The number of hydrogen-bond donors (Lipinski definition) is 0. The molecule has 0 bridgehead atoms. The van der Waals surface area contributed by atoms with Crippen LogP contribution in [0.25, 0.3) is 0 Å². The first-order valence-corrected chi connectivity index (χ1v) is 7.50. The number of hydrogen-bond acceptors (Lipinski definition) is 5. The summed E-state index contributed by atoms with van der Waals surface area (Å²) < 4.78 is 43.5. The van der Waals surface area contributed by atoms with Gasteiger partial charge in [-0.05, 0) is 18.2 Å². The van der Waals surface area contributed by atoms with Crippen molar-refractivity contribution in [3.63, 3.8) is 0 Å². The van der Waals surface area contributed by atoms with Crippen molar-refractivity contribution < 1.29 is 17.7 Å². The number of benzene rings is 1. The Hall–Kier alpha value is -2.40. The molecule has 1 aliphatic rings. The summed E-state index contributed by atoms with van der Waals surface area (Å²) in [7, 11) is 0. The molecule has 0 atom stereocenters. The van der Waals surface area contributed by atoms with Crippen molar-refractivity contribution in [2.75, 3.05) is 36.0 Å². The molecule has 0 spiro atoms. The zero-order chi connectivity index (χ0) is 17.3. The number of nitriles is 1. The van der Waals surface area contributed by atoms with Crippen LogP contribution >= 0.6 is 11.6 Å². The largest absolute Gasteiger partial charge is 0.416 e. The fraction of sp³-hybridized carbons (Fsp3) is 0.333. The molecule has 0 unspecified atom stereocenters. The van der Waals surface area contributed by atoms with Gasteiger partial charge < -0.3 is 14.3 Å². The maximum atomic E-state index is 12.9. The zero-order valence-electron chi connectivity index (χ0n) is 12.3. The fourth-order valence-corrected chi connectivity index (χ4v) is 2.81. The summed E-state index contributed by atoms with van der Waals surface area (Å²) in [6.07, 6.45) is -4.41. The van der Waals surface area contributed by atoms with Crippen LogP contribution < -0.4 is 9.80 Å². The molecule has 9 heteroatoms. The van der Waals surface area contributed by atoms with Crippen LogP contribution in [0.4, 0.5) is 24.7 Å².